The average Bonchev–Trinajstić information content (AvgIpc) is 2.73. The zero-order valence-corrected chi connectivity index (χ0v) is 18.8. The van der Waals surface area contributed by atoms with Crippen LogP contribution in [0.25, 0.3) is 0 Å². The van der Waals surface area contributed by atoms with E-state index in [9.17, 15) is 0 Å². The fourth-order valence-corrected chi connectivity index (χ4v) is 5.59. The number of nitrogen functional groups attached to an aromatic ring is 1. The van der Waals surface area contributed by atoms with Gasteiger partial charge in [0, 0.05) is 5.69 Å². The van der Waals surface area contributed by atoms with E-state index in [0.717, 1.165) is 11.6 Å². The molecular weight excluding hydrogens is 350 g/mol. The van der Waals surface area contributed by atoms with Gasteiger partial charge in [0.15, 0.2) is 0 Å². The maximum atomic E-state index is 5.95. The smallest absolute Gasteiger partial charge is 0.0314 e. The van der Waals surface area contributed by atoms with Crippen molar-refractivity contribution < 1.29 is 0 Å². The first-order valence-electron chi connectivity index (χ1n) is 12.0. The molecule has 0 aromatic heterocycles. The number of rotatable bonds is 10. The van der Waals surface area contributed by atoms with Gasteiger partial charge in [-0.3, -0.25) is 0 Å². The van der Waals surface area contributed by atoms with Crippen LogP contribution < -0.4 is 5.73 Å². The monoisotopic (exact) mass is 391 g/mol. The van der Waals surface area contributed by atoms with Crippen LogP contribution in [0.5, 0.6) is 0 Å². The first-order chi connectivity index (χ1) is 14.1. The Labute approximate surface area is 179 Å². The summed E-state index contributed by atoms with van der Waals surface area (Å²) in [5.74, 6) is 0.721. The zero-order valence-electron chi connectivity index (χ0n) is 18.8. The van der Waals surface area contributed by atoms with Crippen LogP contribution in [0.15, 0.2) is 48.5 Å². The second kappa shape index (κ2) is 10.9. The molecule has 0 bridgehead atoms. The molecule has 1 nitrogen and oxygen atoms in total. The lowest BCUT2D eigenvalue weighted by Gasteiger charge is -2.42. The molecule has 0 spiro atoms. The zero-order chi connectivity index (χ0) is 20.5. The van der Waals surface area contributed by atoms with Crippen molar-refractivity contribution in [1.82, 2.24) is 0 Å². The van der Waals surface area contributed by atoms with E-state index in [4.69, 9.17) is 5.73 Å². The van der Waals surface area contributed by atoms with Crippen molar-refractivity contribution in [2.75, 3.05) is 5.73 Å². The molecule has 1 aliphatic rings. The van der Waals surface area contributed by atoms with Gasteiger partial charge in [0.2, 0.25) is 0 Å². The number of hydrogen-bond acceptors (Lipinski definition) is 1. The number of hydrogen-bond donors (Lipinski definition) is 1. The van der Waals surface area contributed by atoms with Crippen LogP contribution >= 0.6 is 0 Å². The Kier molecular flexibility index (Phi) is 8.21. The maximum absolute atomic E-state index is 5.95. The fraction of sp³-hybridized carbons (Fsp3) is 0.571. The van der Waals surface area contributed by atoms with E-state index in [0.29, 0.717) is 5.41 Å². The van der Waals surface area contributed by atoms with Gasteiger partial charge in [-0.1, -0.05) is 88.3 Å². The number of anilines is 1. The lowest BCUT2D eigenvalue weighted by atomic mass is 9.62. The summed E-state index contributed by atoms with van der Waals surface area (Å²) >= 11 is 0. The molecule has 0 saturated heterocycles. The molecule has 2 unspecified atom stereocenters. The van der Waals surface area contributed by atoms with E-state index < -0.39 is 0 Å². The lowest BCUT2D eigenvalue weighted by Crippen LogP contribution is -2.30. The van der Waals surface area contributed by atoms with Crippen molar-refractivity contribution >= 4 is 5.69 Å². The molecule has 2 N–H and O–H groups in total. The number of aryl methyl sites for hydroxylation is 1. The van der Waals surface area contributed by atoms with Crippen molar-refractivity contribution in [3.8, 4) is 0 Å². The van der Waals surface area contributed by atoms with Gasteiger partial charge in [0.25, 0.3) is 0 Å². The third-order valence-corrected chi connectivity index (χ3v) is 7.19. The van der Waals surface area contributed by atoms with Gasteiger partial charge < -0.3 is 5.73 Å². The van der Waals surface area contributed by atoms with Crippen LogP contribution in [0.3, 0.4) is 0 Å². The Bertz CT molecular complexity index is 732. The molecule has 29 heavy (non-hydrogen) atoms. The van der Waals surface area contributed by atoms with Gasteiger partial charge in [-0.05, 0) is 79.2 Å². The van der Waals surface area contributed by atoms with E-state index in [1.54, 1.807) is 5.56 Å². The summed E-state index contributed by atoms with van der Waals surface area (Å²) in [7, 11) is 0. The van der Waals surface area contributed by atoms with Gasteiger partial charge in [-0.2, -0.15) is 0 Å². The minimum absolute atomic E-state index is 0.450. The van der Waals surface area contributed by atoms with Crippen LogP contribution in [0.1, 0.15) is 100 Å². The maximum Gasteiger partial charge on any atom is 0.0314 e. The molecule has 1 saturated carbocycles. The van der Waals surface area contributed by atoms with Gasteiger partial charge in [-0.15, -0.1) is 0 Å². The van der Waals surface area contributed by atoms with Crippen molar-refractivity contribution in [2.45, 2.75) is 96.8 Å². The molecule has 2 aromatic carbocycles. The average molecular weight is 392 g/mol. The minimum Gasteiger partial charge on any atom is -0.399 e. The molecule has 0 aliphatic heterocycles. The first-order valence-corrected chi connectivity index (χ1v) is 12.0. The predicted molar refractivity (Wildman–Crippen MR) is 127 cm³/mol. The second-order valence-corrected chi connectivity index (χ2v) is 9.59. The van der Waals surface area contributed by atoms with E-state index >= 15 is 0 Å². The SMILES string of the molecule is CCCCCCCCC1(Cc2ccc(N)cc2)CCCC(c2ccccc2C)C1. The van der Waals surface area contributed by atoms with Crippen molar-refractivity contribution in [3.05, 3.63) is 65.2 Å². The summed E-state index contributed by atoms with van der Waals surface area (Å²) in [5.41, 5.74) is 11.8. The standard InChI is InChI=1S/C28H41N/c1-3-4-5-6-7-10-19-28(21-24-15-17-26(29)18-16-24)20-11-13-25(22-28)27-14-9-8-12-23(27)2/h8-9,12,14-18,25H,3-7,10-11,13,19-22,29H2,1-2H3. The molecule has 158 valence electrons. The van der Waals surface area contributed by atoms with Gasteiger partial charge in [0.05, 0.1) is 0 Å². The fourth-order valence-electron chi connectivity index (χ4n) is 5.59. The third-order valence-electron chi connectivity index (χ3n) is 7.19. The van der Waals surface area contributed by atoms with Crippen molar-refractivity contribution in [1.29, 1.82) is 0 Å². The third kappa shape index (κ3) is 6.36. The Morgan fingerprint density at radius 2 is 1.66 bits per heavy atom. The molecule has 2 atom stereocenters. The highest BCUT2D eigenvalue weighted by atomic mass is 14.5. The van der Waals surface area contributed by atoms with E-state index in [-0.39, 0.29) is 0 Å². The van der Waals surface area contributed by atoms with Crippen molar-refractivity contribution in [2.24, 2.45) is 5.41 Å². The van der Waals surface area contributed by atoms with Gasteiger partial charge in [-0.25, -0.2) is 0 Å². The summed E-state index contributed by atoms with van der Waals surface area (Å²) in [6.45, 7) is 4.59. The van der Waals surface area contributed by atoms with Crippen LogP contribution in [0.2, 0.25) is 0 Å². The van der Waals surface area contributed by atoms with Crippen LogP contribution in [-0.4, -0.2) is 0 Å². The Morgan fingerprint density at radius 3 is 2.41 bits per heavy atom. The molecule has 0 amide bonds. The summed E-state index contributed by atoms with van der Waals surface area (Å²) in [6, 6.07) is 17.8. The Balaban J connectivity index is 1.72. The molecule has 0 heterocycles. The minimum atomic E-state index is 0.450. The van der Waals surface area contributed by atoms with Gasteiger partial charge >= 0.3 is 0 Å². The van der Waals surface area contributed by atoms with Crippen LogP contribution in [0.4, 0.5) is 5.69 Å². The quantitative estimate of drug-likeness (QED) is 0.320. The van der Waals surface area contributed by atoms with Gasteiger partial charge in [0.1, 0.15) is 0 Å². The summed E-state index contributed by atoms with van der Waals surface area (Å²) in [5, 5.41) is 0. The highest BCUT2D eigenvalue weighted by Crippen LogP contribution is 2.49. The molecule has 2 aromatic rings. The topological polar surface area (TPSA) is 26.0 Å². The normalized spacial score (nSPS) is 21.9. The highest BCUT2D eigenvalue weighted by molar-refractivity contribution is 5.39. The molecule has 1 fully saturated rings. The highest BCUT2D eigenvalue weighted by Gasteiger charge is 2.36. The molecule has 3 rings (SSSR count). The number of unbranched alkanes of at least 4 members (excludes halogenated alkanes) is 5. The molecule has 1 aliphatic carbocycles. The van der Waals surface area contributed by atoms with E-state index in [1.807, 2.05) is 0 Å². The largest absolute Gasteiger partial charge is 0.399 e. The lowest BCUT2D eigenvalue weighted by molar-refractivity contribution is 0.148. The van der Waals surface area contributed by atoms with E-state index in [2.05, 4.69) is 62.4 Å². The Morgan fingerprint density at radius 1 is 0.931 bits per heavy atom. The van der Waals surface area contributed by atoms with E-state index in [1.165, 1.54) is 88.2 Å². The molecule has 0 radical (unpaired) electrons. The summed E-state index contributed by atoms with van der Waals surface area (Å²) in [6.07, 6.45) is 16.4. The first kappa shape index (κ1) is 21.9. The predicted octanol–water partition coefficient (Wildman–Crippen LogP) is 8.21. The molecular formula is C28H41N. The second-order valence-electron chi connectivity index (χ2n) is 9.59. The summed E-state index contributed by atoms with van der Waals surface area (Å²) < 4.78 is 0. The molecule has 1 heteroatoms. The number of benzene rings is 2. The van der Waals surface area contributed by atoms with Crippen molar-refractivity contribution in [3.63, 3.8) is 0 Å². The number of nitrogens with two attached hydrogens (primary N) is 1. The summed E-state index contributed by atoms with van der Waals surface area (Å²) in [4.78, 5) is 0. The van der Waals surface area contributed by atoms with Crippen LogP contribution in [-0.2, 0) is 6.42 Å². The van der Waals surface area contributed by atoms with Crippen LogP contribution in [0, 0.1) is 12.3 Å². The Hall–Kier alpha value is -1.76.